The van der Waals surface area contributed by atoms with E-state index in [-0.39, 0.29) is 11.6 Å². The van der Waals surface area contributed by atoms with Crippen LogP contribution in [0.4, 0.5) is 4.39 Å². The number of hydrogen-bond acceptors (Lipinski definition) is 3. The highest BCUT2D eigenvalue weighted by molar-refractivity contribution is 8.13. The van der Waals surface area contributed by atoms with Gasteiger partial charge in [-0.25, -0.2) is 4.39 Å². The normalized spacial score (nSPS) is 11.7. The maximum Gasteiger partial charge on any atom is 0.164 e. The van der Waals surface area contributed by atoms with Crippen LogP contribution in [0.1, 0.15) is 30.5 Å². The number of amidine groups is 1. The fourth-order valence-electron chi connectivity index (χ4n) is 3.26. The second-order valence-corrected chi connectivity index (χ2v) is 9.13. The van der Waals surface area contributed by atoms with Gasteiger partial charge in [0.05, 0.1) is 6.54 Å². The summed E-state index contributed by atoms with van der Waals surface area (Å²) in [5.74, 6) is 0.456. The van der Waals surface area contributed by atoms with Gasteiger partial charge in [-0.2, -0.15) is 0 Å². The Morgan fingerprint density at radius 2 is 1.74 bits per heavy atom. The summed E-state index contributed by atoms with van der Waals surface area (Å²) in [6, 6.07) is 22.2. The first kappa shape index (κ1) is 22.9. The average molecular weight is 437 g/mol. The van der Waals surface area contributed by atoms with Gasteiger partial charge in [0.2, 0.25) is 0 Å². The quantitative estimate of drug-likeness (QED) is 0.256. The van der Waals surface area contributed by atoms with E-state index in [0.717, 1.165) is 27.7 Å². The molecular weight excluding hydrogens is 407 g/mol. The number of rotatable bonds is 7. The molecule has 0 saturated heterocycles. The number of benzene rings is 3. The number of halogens is 1. The highest BCUT2D eigenvalue weighted by Gasteiger charge is 2.16. The minimum atomic E-state index is -0.243. The van der Waals surface area contributed by atoms with Crippen molar-refractivity contribution in [1.82, 2.24) is 4.90 Å². The molecule has 0 amide bonds. The van der Waals surface area contributed by atoms with E-state index in [1.54, 1.807) is 36.0 Å². The number of aliphatic imine (C=N–C) groups is 1. The van der Waals surface area contributed by atoms with Crippen molar-refractivity contribution in [2.24, 2.45) is 10.9 Å². The highest BCUT2D eigenvalue weighted by Crippen LogP contribution is 2.26. The summed E-state index contributed by atoms with van der Waals surface area (Å²) in [6.07, 6.45) is 0. The van der Waals surface area contributed by atoms with Gasteiger partial charge in [-0.1, -0.05) is 67.6 Å². The number of phenolic OH excluding ortho intramolecular Hbond substituents is 1. The maximum atomic E-state index is 13.3. The molecule has 31 heavy (non-hydrogen) atoms. The van der Waals surface area contributed by atoms with Crippen LogP contribution >= 0.6 is 11.8 Å². The summed E-state index contributed by atoms with van der Waals surface area (Å²) < 4.78 is 13.3. The summed E-state index contributed by atoms with van der Waals surface area (Å²) in [5.41, 5.74) is 3.19. The van der Waals surface area contributed by atoms with E-state index in [2.05, 4.69) is 49.9 Å². The molecule has 0 bridgehead atoms. The van der Waals surface area contributed by atoms with Gasteiger partial charge < -0.3 is 10.0 Å². The van der Waals surface area contributed by atoms with Crippen molar-refractivity contribution in [2.45, 2.75) is 38.8 Å². The third kappa shape index (κ3) is 7.44. The van der Waals surface area contributed by atoms with Gasteiger partial charge >= 0.3 is 0 Å². The third-order valence-corrected chi connectivity index (χ3v) is 5.71. The van der Waals surface area contributed by atoms with Crippen molar-refractivity contribution < 1.29 is 9.50 Å². The average Bonchev–Trinajstić information content (AvgIpc) is 2.71. The smallest absolute Gasteiger partial charge is 0.164 e. The Hall–Kier alpha value is -2.79. The predicted octanol–water partition coefficient (Wildman–Crippen LogP) is 6.65. The van der Waals surface area contributed by atoms with Crippen molar-refractivity contribution in [2.75, 3.05) is 6.54 Å². The molecule has 3 aromatic rings. The zero-order valence-electron chi connectivity index (χ0n) is 18.3. The van der Waals surface area contributed by atoms with Crippen molar-refractivity contribution in [1.29, 1.82) is 0 Å². The van der Waals surface area contributed by atoms with Crippen molar-refractivity contribution in [3.63, 3.8) is 0 Å². The van der Waals surface area contributed by atoms with Gasteiger partial charge in [-0.15, -0.1) is 0 Å². The molecule has 1 N–H and O–H groups in total. The third-order valence-electron chi connectivity index (χ3n) is 4.65. The minimum absolute atomic E-state index is 0.243. The van der Waals surface area contributed by atoms with Crippen LogP contribution < -0.4 is 0 Å². The lowest BCUT2D eigenvalue weighted by molar-refractivity contribution is 0.364. The van der Waals surface area contributed by atoms with Crippen LogP contribution in [-0.2, 0) is 13.1 Å². The second kappa shape index (κ2) is 11.0. The SMILES string of the molecule is Cc1cccc(SC(=NCc2ccc(F)cc2)N(Cc2cccc(O)c2)CC(C)C)c1. The molecule has 5 heteroatoms. The minimum Gasteiger partial charge on any atom is -0.508 e. The molecule has 0 aliphatic carbocycles. The van der Waals surface area contributed by atoms with Gasteiger partial charge in [0.15, 0.2) is 5.17 Å². The molecule has 0 unspecified atom stereocenters. The second-order valence-electron chi connectivity index (χ2n) is 8.09. The molecule has 3 nitrogen and oxygen atoms in total. The highest BCUT2D eigenvalue weighted by atomic mass is 32.2. The van der Waals surface area contributed by atoms with Crippen LogP contribution in [-0.4, -0.2) is 21.7 Å². The van der Waals surface area contributed by atoms with E-state index in [1.807, 2.05) is 12.1 Å². The lowest BCUT2D eigenvalue weighted by Gasteiger charge is -2.28. The number of nitrogens with zero attached hydrogens (tertiary/aromatic N) is 2. The summed E-state index contributed by atoms with van der Waals surface area (Å²) in [7, 11) is 0. The Morgan fingerprint density at radius 1 is 1.00 bits per heavy atom. The van der Waals surface area contributed by atoms with Crippen LogP contribution in [0.15, 0.2) is 82.7 Å². The molecule has 0 aliphatic heterocycles. The Morgan fingerprint density at radius 3 is 2.42 bits per heavy atom. The van der Waals surface area contributed by atoms with Gasteiger partial charge in [0.25, 0.3) is 0 Å². The zero-order valence-corrected chi connectivity index (χ0v) is 19.1. The molecular formula is C26H29FN2OS. The Labute approximate surface area is 188 Å². The number of thioether (sulfide) groups is 1. The molecule has 0 aromatic heterocycles. The summed E-state index contributed by atoms with van der Waals surface area (Å²) in [4.78, 5) is 8.33. The van der Waals surface area contributed by atoms with Crippen LogP contribution in [0.5, 0.6) is 5.75 Å². The molecule has 162 valence electrons. The van der Waals surface area contributed by atoms with Crippen molar-refractivity contribution in [3.8, 4) is 5.75 Å². The summed E-state index contributed by atoms with van der Waals surface area (Å²) in [6.45, 7) is 8.40. The standard InChI is InChI=1S/C26H29FN2OS/c1-19(2)17-29(18-22-7-5-8-24(30)15-22)26(31-25-9-4-6-20(3)14-25)28-16-21-10-12-23(27)13-11-21/h4-15,19,30H,16-18H2,1-3H3. The largest absolute Gasteiger partial charge is 0.508 e. The molecule has 0 radical (unpaired) electrons. The predicted molar refractivity (Wildman–Crippen MR) is 128 cm³/mol. The van der Waals surface area contributed by atoms with E-state index >= 15 is 0 Å². The van der Waals surface area contributed by atoms with Gasteiger partial charge in [0, 0.05) is 18.0 Å². The van der Waals surface area contributed by atoms with Gasteiger partial charge in [0.1, 0.15) is 11.6 Å². The molecule has 0 aliphatic rings. The van der Waals surface area contributed by atoms with Crippen molar-refractivity contribution >= 4 is 16.9 Å². The van der Waals surface area contributed by atoms with E-state index < -0.39 is 0 Å². The van der Waals surface area contributed by atoms with E-state index in [0.29, 0.717) is 19.0 Å². The summed E-state index contributed by atoms with van der Waals surface area (Å²) in [5, 5.41) is 10.8. The van der Waals surface area contributed by atoms with Gasteiger partial charge in [-0.3, -0.25) is 4.99 Å². The first-order valence-electron chi connectivity index (χ1n) is 10.5. The van der Waals surface area contributed by atoms with E-state index in [1.165, 1.54) is 17.7 Å². The van der Waals surface area contributed by atoms with E-state index in [9.17, 15) is 9.50 Å². The van der Waals surface area contributed by atoms with Crippen LogP contribution in [0.3, 0.4) is 0 Å². The van der Waals surface area contributed by atoms with Crippen LogP contribution in [0.25, 0.3) is 0 Å². The first-order chi connectivity index (χ1) is 14.9. The Bertz CT molecular complexity index is 1020. The molecule has 0 saturated carbocycles. The fraction of sp³-hybridized carbons (Fsp3) is 0.269. The molecule has 3 rings (SSSR count). The Balaban J connectivity index is 1.92. The molecule has 3 aromatic carbocycles. The zero-order chi connectivity index (χ0) is 22.2. The lowest BCUT2D eigenvalue weighted by atomic mass is 10.1. The van der Waals surface area contributed by atoms with Crippen molar-refractivity contribution in [3.05, 3.63) is 95.3 Å². The number of phenols is 1. The lowest BCUT2D eigenvalue weighted by Crippen LogP contribution is -2.32. The Kier molecular flexibility index (Phi) is 8.13. The molecule has 0 spiro atoms. The fourth-order valence-corrected chi connectivity index (χ4v) is 4.26. The monoisotopic (exact) mass is 436 g/mol. The van der Waals surface area contributed by atoms with Crippen LogP contribution in [0, 0.1) is 18.7 Å². The van der Waals surface area contributed by atoms with Crippen LogP contribution in [0.2, 0.25) is 0 Å². The topological polar surface area (TPSA) is 35.8 Å². The number of aryl methyl sites for hydroxylation is 1. The number of hydrogen-bond donors (Lipinski definition) is 1. The molecule has 0 heterocycles. The summed E-state index contributed by atoms with van der Waals surface area (Å²) >= 11 is 1.64. The van der Waals surface area contributed by atoms with Gasteiger partial charge in [-0.05, 0) is 60.4 Å². The molecule has 0 atom stereocenters. The van der Waals surface area contributed by atoms with E-state index in [4.69, 9.17) is 4.99 Å². The molecule has 0 fully saturated rings. The first-order valence-corrected chi connectivity index (χ1v) is 11.3. The maximum absolute atomic E-state index is 13.3. The number of aromatic hydroxyl groups is 1.